The molecule has 0 saturated carbocycles. The Morgan fingerprint density at radius 1 is 1.50 bits per heavy atom. The Hall–Kier alpha value is -0.600. The molecule has 1 nitrogen and oxygen atoms in total. The SMILES string of the molecule is Cc1cc(CC(C)CN)cc(Cl)c1F. The Labute approximate surface area is 89.1 Å². The molecule has 0 aromatic heterocycles. The average molecular weight is 216 g/mol. The van der Waals surface area contributed by atoms with Gasteiger partial charge in [0.2, 0.25) is 0 Å². The van der Waals surface area contributed by atoms with Crippen molar-refractivity contribution in [3.8, 4) is 0 Å². The predicted molar refractivity (Wildman–Crippen MR) is 58.1 cm³/mol. The van der Waals surface area contributed by atoms with Crippen LogP contribution in [0.4, 0.5) is 4.39 Å². The summed E-state index contributed by atoms with van der Waals surface area (Å²) in [5, 5.41) is 0.198. The highest BCUT2D eigenvalue weighted by atomic mass is 35.5. The molecule has 0 aliphatic rings. The summed E-state index contributed by atoms with van der Waals surface area (Å²) < 4.78 is 13.2. The van der Waals surface area contributed by atoms with Crippen molar-refractivity contribution in [2.45, 2.75) is 20.3 Å². The monoisotopic (exact) mass is 215 g/mol. The van der Waals surface area contributed by atoms with E-state index in [1.807, 2.05) is 6.07 Å². The molecule has 0 aliphatic carbocycles. The number of benzene rings is 1. The average Bonchev–Trinajstić information content (AvgIpc) is 2.14. The number of aryl methyl sites for hydroxylation is 1. The van der Waals surface area contributed by atoms with Gasteiger partial charge in [-0.1, -0.05) is 24.6 Å². The Balaban J connectivity index is 2.89. The van der Waals surface area contributed by atoms with Crippen molar-refractivity contribution in [2.24, 2.45) is 11.7 Å². The first kappa shape index (κ1) is 11.5. The fraction of sp³-hybridized carbons (Fsp3) is 0.455. The molecule has 0 bridgehead atoms. The number of hydrogen-bond donors (Lipinski definition) is 1. The maximum atomic E-state index is 13.2. The molecule has 1 unspecified atom stereocenters. The summed E-state index contributed by atoms with van der Waals surface area (Å²) in [6, 6.07) is 3.50. The Kier molecular flexibility index (Phi) is 3.90. The topological polar surface area (TPSA) is 26.0 Å². The van der Waals surface area contributed by atoms with E-state index in [1.54, 1.807) is 13.0 Å². The highest BCUT2D eigenvalue weighted by Crippen LogP contribution is 2.21. The number of halogens is 2. The van der Waals surface area contributed by atoms with Crippen molar-refractivity contribution in [2.75, 3.05) is 6.54 Å². The fourth-order valence-electron chi connectivity index (χ4n) is 1.40. The summed E-state index contributed by atoms with van der Waals surface area (Å²) in [7, 11) is 0. The van der Waals surface area contributed by atoms with Gasteiger partial charge in [0.05, 0.1) is 5.02 Å². The largest absolute Gasteiger partial charge is 0.330 e. The third kappa shape index (κ3) is 2.69. The van der Waals surface area contributed by atoms with Gasteiger partial charge in [-0.3, -0.25) is 0 Å². The molecule has 2 N–H and O–H groups in total. The number of rotatable bonds is 3. The Bertz CT molecular complexity index is 302. The Morgan fingerprint density at radius 2 is 2.14 bits per heavy atom. The van der Waals surface area contributed by atoms with Gasteiger partial charge in [0.15, 0.2) is 0 Å². The second-order valence-electron chi connectivity index (χ2n) is 3.75. The van der Waals surface area contributed by atoms with Gasteiger partial charge in [0.25, 0.3) is 0 Å². The van der Waals surface area contributed by atoms with E-state index >= 15 is 0 Å². The molecule has 0 spiro atoms. The van der Waals surface area contributed by atoms with Crippen LogP contribution in [0, 0.1) is 18.7 Å². The highest BCUT2D eigenvalue weighted by molar-refractivity contribution is 6.30. The van der Waals surface area contributed by atoms with Crippen LogP contribution in [0.1, 0.15) is 18.1 Å². The molecular weight excluding hydrogens is 201 g/mol. The lowest BCUT2D eigenvalue weighted by molar-refractivity contribution is 0.587. The third-order valence-electron chi connectivity index (χ3n) is 2.26. The summed E-state index contributed by atoms with van der Waals surface area (Å²) in [6.45, 7) is 4.42. The molecular formula is C11H15ClFN. The quantitative estimate of drug-likeness (QED) is 0.825. The second-order valence-corrected chi connectivity index (χ2v) is 4.16. The van der Waals surface area contributed by atoms with Gasteiger partial charge < -0.3 is 5.73 Å². The highest BCUT2D eigenvalue weighted by Gasteiger charge is 2.07. The zero-order valence-electron chi connectivity index (χ0n) is 8.48. The molecule has 1 aromatic rings. The van der Waals surface area contributed by atoms with Gasteiger partial charge in [-0.05, 0) is 43.0 Å². The molecule has 1 aromatic carbocycles. The zero-order valence-corrected chi connectivity index (χ0v) is 9.24. The van der Waals surface area contributed by atoms with Crippen LogP contribution >= 0.6 is 11.6 Å². The summed E-state index contributed by atoms with van der Waals surface area (Å²) in [5.74, 6) is 0.0757. The smallest absolute Gasteiger partial charge is 0.144 e. The van der Waals surface area contributed by atoms with Gasteiger partial charge >= 0.3 is 0 Å². The molecule has 0 aliphatic heterocycles. The van der Waals surface area contributed by atoms with Gasteiger partial charge in [-0.25, -0.2) is 4.39 Å². The molecule has 0 saturated heterocycles. The fourth-order valence-corrected chi connectivity index (χ4v) is 1.69. The molecule has 78 valence electrons. The summed E-state index contributed by atoms with van der Waals surface area (Å²) in [6.07, 6.45) is 0.845. The lowest BCUT2D eigenvalue weighted by Gasteiger charge is -2.10. The van der Waals surface area contributed by atoms with Crippen molar-refractivity contribution in [1.82, 2.24) is 0 Å². The maximum Gasteiger partial charge on any atom is 0.144 e. The molecule has 0 radical (unpaired) electrons. The molecule has 1 atom stereocenters. The molecule has 0 amide bonds. The maximum absolute atomic E-state index is 13.2. The lowest BCUT2D eigenvalue weighted by Crippen LogP contribution is -2.13. The molecule has 0 heterocycles. The summed E-state index contributed by atoms with van der Waals surface area (Å²) in [5.41, 5.74) is 7.16. The summed E-state index contributed by atoms with van der Waals surface area (Å²) >= 11 is 5.74. The number of hydrogen-bond acceptors (Lipinski definition) is 1. The van der Waals surface area contributed by atoms with Gasteiger partial charge in [0.1, 0.15) is 5.82 Å². The minimum Gasteiger partial charge on any atom is -0.330 e. The Morgan fingerprint density at radius 3 is 2.64 bits per heavy atom. The van der Waals surface area contributed by atoms with E-state index in [4.69, 9.17) is 17.3 Å². The third-order valence-corrected chi connectivity index (χ3v) is 2.53. The molecule has 1 rings (SSSR count). The van der Waals surface area contributed by atoms with E-state index in [9.17, 15) is 4.39 Å². The van der Waals surface area contributed by atoms with Gasteiger partial charge in [-0.2, -0.15) is 0 Å². The first-order valence-electron chi connectivity index (χ1n) is 4.69. The van der Waals surface area contributed by atoms with Gasteiger partial charge in [-0.15, -0.1) is 0 Å². The van der Waals surface area contributed by atoms with Crippen LogP contribution in [-0.2, 0) is 6.42 Å². The van der Waals surface area contributed by atoms with E-state index in [2.05, 4.69) is 6.92 Å². The van der Waals surface area contributed by atoms with Crippen LogP contribution in [-0.4, -0.2) is 6.54 Å². The first-order chi connectivity index (χ1) is 6.54. The predicted octanol–water partition coefficient (Wildman–Crippen LogP) is 2.92. The van der Waals surface area contributed by atoms with Gasteiger partial charge in [0, 0.05) is 0 Å². The molecule has 14 heavy (non-hydrogen) atoms. The van der Waals surface area contributed by atoms with E-state index in [0.717, 1.165) is 12.0 Å². The van der Waals surface area contributed by atoms with E-state index in [-0.39, 0.29) is 10.8 Å². The van der Waals surface area contributed by atoms with Crippen LogP contribution in [0.15, 0.2) is 12.1 Å². The van der Waals surface area contributed by atoms with E-state index < -0.39 is 0 Å². The minimum atomic E-state index is -0.323. The van der Waals surface area contributed by atoms with Crippen LogP contribution in [0.2, 0.25) is 5.02 Å². The van der Waals surface area contributed by atoms with E-state index in [1.165, 1.54) is 0 Å². The van der Waals surface area contributed by atoms with Crippen LogP contribution in [0.5, 0.6) is 0 Å². The first-order valence-corrected chi connectivity index (χ1v) is 5.07. The van der Waals surface area contributed by atoms with Crippen LogP contribution < -0.4 is 5.73 Å². The number of nitrogens with two attached hydrogens (primary N) is 1. The van der Waals surface area contributed by atoms with Crippen molar-refractivity contribution in [3.05, 3.63) is 34.1 Å². The van der Waals surface area contributed by atoms with Crippen molar-refractivity contribution in [1.29, 1.82) is 0 Å². The lowest BCUT2D eigenvalue weighted by atomic mass is 10.00. The van der Waals surface area contributed by atoms with E-state index in [0.29, 0.717) is 18.0 Å². The standard InChI is InChI=1S/C11H15ClFN/c1-7(6-14)3-9-4-8(2)11(13)10(12)5-9/h4-5,7H,3,6,14H2,1-2H3. The summed E-state index contributed by atoms with van der Waals surface area (Å²) in [4.78, 5) is 0. The normalized spacial score (nSPS) is 12.9. The van der Waals surface area contributed by atoms with Crippen LogP contribution in [0.25, 0.3) is 0 Å². The van der Waals surface area contributed by atoms with Crippen molar-refractivity contribution >= 4 is 11.6 Å². The van der Waals surface area contributed by atoms with Crippen molar-refractivity contribution < 1.29 is 4.39 Å². The molecule has 0 fully saturated rings. The minimum absolute atomic E-state index is 0.198. The van der Waals surface area contributed by atoms with Crippen molar-refractivity contribution in [3.63, 3.8) is 0 Å². The zero-order chi connectivity index (χ0) is 10.7. The van der Waals surface area contributed by atoms with Crippen LogP contribution in [0.3, 0.4) is 0 Å². The second kappa shape index (κ2) is 4.76. The molecule has 3 heteroatoms.